The molecule has 0 atom stereocenters. The lowest BCUT2D eigenvalue weighted by Crippen LogP contribution is -2.32. The number of halogens is 2. The standard InChI is InChI=1S/C9H10F2N2O2/c10-6-1-2-8(7(11)5-6)15-4-3-13-9(12)14/h1-2,5H,3-4H2,(H3,12,13,14). The van der Waals surface area contributed by atoms with E-state index >= 15 is 0 Å². The molecule has 1 aromatic rings. The first-order valence-corrected chi connectivity index (χ1v) is 4.21. The Bertz CT molecular complexity index is 358. The van der Waals surface area contributed by atoms with Gasteiger partial charge in [-0.2, -0.15) is 0 Å². The molecule has 0 saturated heterocycles. The number of carbonyl (C=O) groups excluding carboxylic acids is 1. The maximum atomic E-state index is 13.0. The van der Waals surface area contributed by atoms with Crippen LogP contribution in [0, 0.1) is 11.6 Å². The van der Waals surface area contributed by atoms with E-state index in [4.69, 9.17) is 10.5 Å². The van der Waals surface area contributed by atoms with Crippen LogP contribution in [0.25, 0.3) is 0 Å². The Hall–Kier alpha value is -1.85. The second-order valence-corrected chi connectivity index (χ2v) is 2.71. The molecule has 6 heteroatoms. The minimum absolute atomic E-state index is 0.0610. The molecule has 0 bridgehead atoms. The molecule has 0 spiro atoms. The van der Waals surface area contributed by atoms with Gasteiger partial charge in [0.2, 0.25) is 0 Å². The SMILES string of the molecule is NC(=O)NCCOc1ccc(F)cc1F. The topological polar surface area (TPSA) is 64.4 Å². The van der Waals surface area contributed by atoms with Crippen LogP contribution in [0.4, 0.5) is 13.6 Å². The van der Waals surface area contributed by atoms with Gasteiger partial charge < -0.3 is 15.8 Å². The minimum atomic E-state index is -0.783. The molecule has 0 aromatic heterocycles. The Kier molecular flexibility index (Phi) is 3.84. The van der Waals surface area contributed by atoms with Crippen LogP contribution < -0.4 is 15.8 Å². The molecule has 4 nitrogen and oxygen atoms in total. The van der Waals surface area contributed by atoms with Crippen molar-refractivity contribution in [2.24, 2.45) is 5.73 Å². The van der Waals surface area contributed by atoms with E-state index in [2.05, 4.69) is 5.32 Å². The molecule has 3 N–H and O–H groups in total. The highest BCUT2D eigenvalue weighted by Crippen LogP contribution is 2.16. The zero-order valence-corrected chi connectivity index (χ0v) is 7.80. The summed E-state index contributed by atoms with van der Waals surface area (Å²) in [5.41, 5.74) is 4.79. The van der Waals surface area contributed by atoms with E-state index in [0.29, 0.717) is 0 Å². The number of urea groups is 1. The molecule has 0 saturated carbocycles. The fraction of sp³-hybridized carbons (Fsp3) is 0.222. The summed E-state index contributed by atoms with van der Waals surface area (Å²) >= 11 is 0. The largest absolute Gasteiger partial charge is 0.489 e. The van der Waals surface area contributed by atoms with Crippen molar-refractivity contribution in [3.05, 3.63) is 29.8 Å². The van der Waals surface area contributed by atoms with Gasteiger partial charge in [-0.1, -0.05) is 0 Å². The van der Waals surface area contributed by atoms with Crippen LogP contribution in [0.2, 0.25) is 0 Å². The summed E-state index contributed by atoms with van der Waals surface area (Å²) in [6.45, 7) is 0.220. The van der Waals surface area contributed by atoms with E-state index < -0.39 is 17.7 Å². The number of hydrogen-bond donors (Lipinski definition) is 2. The van der Waals surface area contributed by atoms with Crippen LogP contribution >= 0.6 is 0 Å². The molecular weight excluding hydrogens is 206 g/mol. The van der Waals surface area contributed by atoms with Gasteiger partial charge in [0.15, 0.2) is 11.6 Å². The average molecular weight is 216 g/mol. The van der Waals surface area contributed by atoms with Gasteiger partial charge in [-0.3, -0.25) is 0 Å². The van der Waals surface area contributed by atoms with Crippen molar-refractivity contribution in [2.45, 2.75) is 0 Å². The van der Waals surface area contributed by atoms with Crippen molar-refractivity contribution >= 4 is 6.03 Å². The van der Waals surface area contributed by atoms with E-state index in [1.54, 1.807) is 0 Å². The molecule has 15 heavy (non-hydrogen) atoms. The smallest absolute Gasteiger partial charge is 0.312 e. The molecule has 2 amide bonds. The molecular formula is C9H10F2N2O2. The van der Waals surface area contributed by atoms with Crippen LogP contribution in [-0.2, 0) is 0 Å². The zero-order valence-electron chi connectivity index (χ0n) is 7.80. The lowest BCUT2D eigenvalue weighted by atomic mass is 10.3. The maximum absolute atomic E-state index is 13.0. The van der Waals surface area contributed by atoms with Crippen LogP contribution in [-0.4, -0.2) is 19.2 Å². The van der Waals surface area contributed by atoms with Crippen molar-refractivity contribution in [1.82, 2.24) is 5.32 Å². The number of rotatable bonds is 4. The number of ether oxygens (including phenoxy) is 1. The first-order valence-electron chi connectivity index (χ1n) is 4.21. The third-order valence-electron chi connectivity index (χ3n) is 1.55. The summed E-state index contributed by atoms with van der Waals surface area (Å²) in [5, 5.41) is 2.26. The number of primary amides is 1. The summed E-state index contributed by atoms with van der Waals surface area (Å²) in [7, 11) is 0. The molecule has 0 aliphatic heterocycles. The number of benzene rings is 1. The Balaban J connectivity index is 2.40. The highest BCUT2D eigenvalue weighted by Gasteiger charge is 2.04. The number of hydrogen-bond acceptors (Lipinski definition) is 2. The summed E-state index contributed by atoms with van der Waals surface area (Å²) in [4.78, 5) is 10.3. The molecule has 0 heterocycles. The fourth-order valence-electron chi connectivity index (χ4n) is 0.927. The van der Waals surface area contributed by atoms with Crippen molar-refractivity contribution < 1.29 is 18.3 Å². The Morgan fingerprint density at radius 3 is 2.80 bits per heavy atom. The van der Waals surface area contributed by atoms with Crippen molar-refractivity contribution in [2.75, 3.05) is 13.2 Å². The van der Waals surface area contributed by atoms with Crippen LogP contribution in [0.15, 0.2) is 18.2 Å². The zero-order chi connectivity index (χ0) is 11.3. The van der Waals surface area contributed by atoms with Crippen molar-refractivity contribution in [3.63, 3.8) is 0 Å². The van der Waals surface area contributed by atoms with Crippen molar-refractivity contribution in [3.8, 4) is 5.75 Å². The molecule has 1 rings (SSSR count). The summed E-state index contributed by atoms with van der Waals surface area (Å²) in [5.74, 6) is -1.52. The molecule has 82 valence electrons. The van der Waals surface area contributed by atoms with Gasteiger partial charge in [-0.05, 0) is 12.1 Å². The van der Waals surface area contributed by atoms with Crippen LogP contribution in [0.3, 0.4) is 0 Å². The second kappa shape index (κ2) is 5.14. The molecule has 0 radical (unpaired) electrons. The maximum Gasteiger partial charge on any atom is 0.312 e. The number of amides is 2. The number of carbonyl (C=O) groups is 1. The summed E-state index contributed by atoms with van der Waals surface area (Å²) < 4.78 is 30.4. The van der Waals surface area contributed by atoms with Gasteiger partial charge >= 0.3 is 6.03 Å². The lowest BCUT2D eigenvalue weighted by Gasteiger charge is -2.06. The number of nitrogens with one attached hydrogen (secondary N) is 1. The monoisotopic (exact) mass is 216 g/mol. The summed E-state index contributed by atoms with van der Waals surface area (Å²) in [6.07, 6.45) is 0. The van der Waals surface area contributed by atoms with Crippen LogP contribution in [0.5, 0.6) is 5.75 Å². The third kappa shape index (κ3) is 3.80. The first kappa shape index (κ1) is 11.2. The quantitative estimate of drug-likeness (QED) is 0.738. The predicted octanol–water partition coefficient (Wildman–Crippen LogP) is 1.01. The van der Waals surface area contributed by atoms with Gasteiger partial charge in [0.05, 0.1) is 6.54 Å². The van der Waals surface area contributed by atoms with E-state index in [0.717, 1.165) is 12.1 Å². The van der Waals surface area contributed by atoms with E-state index in [9.17, 15) is 13.6 Å². The van der Waals surface area contributed by atoms with Crippen molar-refractivity contribution in [1.29, 1.82) is 0 Å². The van der Waals surface area contributed by atoms with Gasteiger partial charge in [0.25, 0.3) is 0 Å². The Labute approximate surface area is 85.0 Å². The van der Waals surface area contributed by atoms with Gasteiger partial charge in [0, 0.05) is 6.07 Å². The predicted molar refractivity (Wildman–Crippen MR) is 49.4 cm³/mol. The molecule has 0 aliphatic rings. The van der Waals surface area contributed by atoms with E-state index in [1.165, 1.54) is 6.07 Å². The minimum Gasteiger partial charge on any atom is -0.489 e. The van der Waals surface area contributed by atoms with E-state index in [-0.39, 0.29) is 18.9 Å². The lowest BCUT2D eigenvalue weighted by molar-refractivity contribution is 0.243. The van der Waals surface area contributed by atoms with Gasteiger partial charge in [-0.25, -0.2) is 13.6 Å². The van der Waals surface area contributed by atoms with E-state index in [1.807, 2.05) is 0 Å². The second-order valence-electron chi connectivity index (χ2n) is 2.71. The Morgan fingerprint density at radius 1 is 1.47 bits per heavy atom. The van der Waals surface area contributed by atoms with Gasteiger partial charge in [-0.15, -0.1) is 0 Å². The normalized spacial score (nSPS) is 9.73. The molecule has 0 fully saturated rings. The molecule has 1 aromatic carbocycles. The Morgan fingerprint density at radius 2 is 2.20 bits per heavy atom. The average Bonchev–Trinajstić information content (AvgIpc) is 2.14. The highest BCUT2D eigenvalue weighted by molar-refractivity contribution is 5.71. The van der Waals surface area contributed by atoms with Gasteiger partial charge in [0.1, 0.15) is 12.4 Å². The molecule has 0 unspecified atom stereocenters. The summed E-state index contributed by atoms with van der Waals surface area (Å²) in [6, 6.07) is 2.30. The fourth-order valence-corrected chi connectivity index (χ4v) is 0.927. The van der Waals surface area contributed by atoms with Crippen LogP contribution in [0.1, 0.15) is 0 Å². The highest BCUT2D eigenvalue weighted by atomic mass is 19.1. The number of nitrogens with two attached hydrogens (primary N) is 1. The third-order valence-corrected chi connectivity index (χ3v) is 1.55. The molecule has 0 aliphatic carbocycles. The first-order chi connectivity index (χ1) is 7.09.